The average Bonchev–Trinajstić information content (AvgIpc) is 2.99. The molecule has 0 amide bonds. The summed E-state index contributed by atoms with van der Waals surface area (Å²) in [6, 6.07) is 7.95. The molecule has 0 aromatic heterocycles. The lowest BCUT2D eigenvalue weighted by Crippen LogP contribution is -2.39. The molecule has 6 heteroatoms. The van der Waals surface area contributed by atoms with Crippen LogP contribution in [0.5, 0.6) is 0 Å². The van der Waals surface area contributed by atoms with Gasteiger partial charge >= 0.3 is 0 Å². The highest BCUT2D eigenvalue weighted by Gasteiger charge is 2.14. The lowest BCUT2D eigenvalue weighted by atomic mass is 10.1. The van der Waals surface area contributed by atoms with E-state index in [-0.39, 0.29) is 24.0 Å². The lowest BCUT2D eigenvalue weighted by Gasteiger charge is -2.14. The number of aliphatic imine (C=N–C) groups is 1. The number of hydrogen-bond acceptors (Lipinski definition) is 2. The third-order valence-corrected chi connectivity index (χ3v) is 3.84. The maximum absolute atomic E-state index is 5.98. The van der Waals surface area contributed by atoms with Gasteiger partial charge in [-0.05, 0) is 43.4 Å². The van der Waals surface area contributed by atoms with Gasteiger partial charge in [-0.15, -0.1) is 24.0 Å². The van der Waals surface area contributed by atoms with Gasteiger partial charge in [0.15, 0.2) is 5.96 Å². The van der Waals surface area contributed by atoms with E-state index in [0.717, 1.165) is 43.5 Å². The van der Waals surface area contributed by atoms with Gasteiger partial charge in [-0.1, -0.05) is 23.7 Å². The molecule has 0 spiro atoms. The minimum absolute atomic E-state index is 0. The van der Waals surface area contributed by atoms with Gasteiger partial charge in [0, 0.05) is 31.8 Å². The monoisotopic (exact) mass is 437 g/mol. The number of benzene rings is 1. The van der Waals surface area contributed by atoms with Crippen LogP contribution in [0.15, 0.2) is 29.3 Å². The fourth-order valence-electron chi connectivity index (χ4n) is 2.46. The van der Waals surface area contributed by atoms with Crippen LogP contribution in [0.1, 0.15) is 24.8 Å². The third kappa shape index (κ3) is 7.15. The molecule has 1 aliphatic rings. The van der Waals surface area contributed by atoms with Crippen molar-refractivity contribution in [2.75, 3.05) is 26.7 Å². The Bertz CT molecular complexity index is 464. The van der Waals surface area contributed by atoms with E-state index in [2.05, 4.69) is 21.7 Å². The zero-order valence-corrected chi connectivity index (χ0v) is 16.1. The van der Waals surface area contributed by atoms with Crippen molar-refractivity contribution < 1.29 is 4.74 Å². The molecule has 1 aromatic rings. The summed E-state index contributed by atoms with van der Waals surface area (Å²) in [7, 11) is 1.79. The highest BCUT2D eigenvalue weighted by atomic mass is 127. The fourth-order valence-corrected chi connectivity index (χ4v) is 2.67. The molecule has 2 rings (SSSR count). The number of ether oxygens (including phenoxy) is 1. The zero-order valence-electron chi connectivity index (χ0n) is 13.0. The van der Waals surface area contributed by atoms with E-state index in [1.165, 1.54) is 18.4 Å². The second-order valence-corrected chi connectivity index (χ2v) is 5.67. The Morgan fingerprint density at radius 3 is 2.86 bits per heavy atom. The van der Waals surface area contributed by atoms with Gasteiger partial charge in [-0.3, -0.25) is 4.99 Å². The summed E-state index contributed by atoms with van der Waals surface area (Å²) >= 11 is 5.98. The summed E-state index contributed by atoms with van der Waals surface area (Å²) in [6.07, 6.45) is 4.75. The van der Waals surface area contributed by atoms with Gasteiger partial charge < -0.3 is 15.4 Å². The third-order valence-electron chi connectivity index (χ3n) is 3.60. The Morgan fingerprint density at radius 1 is 1.36 bits per heavy atom. The second-order valence-electron chi connectivity index (χ2n) is 5.23. The maximum Gasteiger partial charge on any atom is 0.190 e. The van der Waals surface area contributed by atoms with E-state index < -0.39 is 0 Å². The van der Waals surface area contributed by atoms with Crippen LogP contribution < -0.4 is 10.6 Å². The van der Waals surface area contributed by atoms with Crippen LogP contribution in [0, 0.1) is 0 Å². The molecule has 4 nitrogen and oxygen atoms in total. The number of nitrogens with one attached hydrogen (secondary N) is 2. The summed E-state index contributed by atoms with van der Waals surface area (Å²) in [6.45, 7) is 2.64. The van der Waals surface area contributed by atoms with E-state index >= 15 is 0 Å². The highest BCUT2D eigenvalue weighted by molar-refractivity contribution is 14.0. The van der Waals surface area contributed by atoms with Crippen LogP contribution in [0.3, 0.4) is 0 Å². The average molecular weight is 438 g/mol. The first-order chi connectivity index (χ1) is 10.3. The lowest BCUT2D eigenvalue weighted by molar-refractivity contribution is 0.105. The molecular formula is C16H25ClIN3O. The summed E-state index contributed by atoms with van der Waals surface area (Å²) in [4.78, 5) is 4.23. The summed E-state index contributed by atoms with van der Waals surface area (Å²) in [5, 5.41) is 7.43. The molecule has 1 saturated heterocycles. The van der Waals surface area contributed by atoms with Crippen molar-refractivity contribution in [2.24, 2.45) is 4.99 Å². The number of nitrogens with zero attached hydrogens (tertiary/aromatic N) is 1. The van der Waals surface area contributed by atoms with Crippen molar-refractivity contribution in [2.45, 2.75) is 31.8 Å². The molecule has 1 atom stereocenters. The SMILES string of the molecule is CN=C(NCCc1cccc(Cl)c1)NCCC1CCCO1.I. The first-order valence-electron chi connectivity index (χ1n) is 7.58. The molecule has 0 bridgehead atoms. The summed E-state index contributed by atoms with van der Waals surface area (Å²) < 4.78 is 5.61. The van der Waals surface area contributed by atoms with Crippen molar-refractivity contribution in [1.29, 1.82) is 0 Å². The van der Waals surface area contributed by atoms with Crippen molar-refractivity contribution in [3.05, 3.63) is 34.9 Å². The van der Waals surface area contributed by atoms with Crippen LogP contribution in [-0.2, 0) is 11.2 Å². The zero-order chi connectivity index (χ0) is 14.9. The molecular weight excluding hydrogens is 413 g/mol. The van der Waals surface area contributed by atoms with Gasteiger partial charge in [0.05, 0.1) is 6.10 Å². The predicted octanol–water partition coefficient (Wildman–Crippen LogP) is 3.23. The van der Waals surface area contributed by atoms with E-state index in [1.54, 1.807) is 7.05 Å². The largest absolute Gasteiger partial charge is 0.378 e. The van der Waals surface area contributed by atoms with E-state index in [4.69, 9.17) is 16.3 Å². The fraction of sp³-hybridized carbons (Fsp3) is 0.562. The first-order valence-corrected chi connectivity index (χ1v) is 7.96. The quantitative estimate of drug-likeness (QED) is 0.408. The Balaban J connectivity index is 0.00000242. The van der Waals surface area contributed by atoms with Crippen LogP contribution in [0.25, 0.3) is 0 Å². The molecule has 1 heterocycles. The Labute approximate surface area is 155 Å². The number of guanidine groups is 1. The van der Waals surface area contributed by atoms with Gasteiger partial charge in [0.1, 0.15) is 0 Å². The number of rotatable bonds is 6. The van der Waals surface area contributed by atoms with Crippen molar-refractivity contribution in [1.82, 2.24) is 10.6 Å². The summed E-state index contributed by atoms with van der Waals surface area (Å²) in [5.74, 6) is 0.843. The molecule has 22 heavy (non-hydrogen) atoms. The number of halogens is 2. The van der Waals surface area contributed by atoms with Crippen LogP contribution in [-0.4, -0.2) is 38.8 Å². The smallest absolute Gasteiger partial charge is 0.190 e. The molecule has 124 valence electrons. The van der Waals surface area contributed by atoms with Crippen molar-refractivity contribution in [3.63, 3.8) is 0 Å². The molecule has 1 aliphatic heterocycles. The topological polar surface area (TPSA) is 45.7 Å². The van der Waals surface area contributed by atoms with Gasteiger partial charge in [-0.25, -0.2) is 0 Å². The van der Waals surface area contributed by atoms with Crippen molar-refractivity contribution in [3.8, 4) is 0 Å². The van der Waals surface area contributed by atoms with Crippen LogP contribution >= 0.6 is 35.6 Å². The normalized spacial score (nSPS) is 17.9. The van der Waals surface area contributed by atoms with Crippen LogP contribution in [0.4, 0.5) is 0 Å². The minimum Gasteiger partial charge on any atom is -0.378 e. The summed E-state index contributed by atoms with van der Waals surface area (Å²) in [5.41, 5.74) is 1.23. The second kappa shape index (κ2) is 11.1. The van der Waals surface area contributed by atoms with E-state index in [9.17, 15) is 0 Å². The van der Waals surface area contributed by atoms with Gasteiger partial charge in [-0.2, -0.15) is 0 Å². The first kappa shape index (κ1) is 19.5. The van der Waals surface area contributed by atoms with E-state index in [1.807, 2.05) is 18.2 Å². The van der Waals surface area contributed by atoms with E-state index in [0.29, 0.717) is 6.10 Å². The highest BCUT2D eigenvalue weighted by Crippen LogP contribution is 2.14. The standard InChI is InChI=1S/C16H24ClN3O.HI/c1-18-16(20-10-8-15-6-3-11-21-15)19-9-7-13-4-2-5-14(17)12-13;/h2,4-5,12,15H,3,6-11H2,1H3,(H2,18,19,20);1H. The Hall–Kier alpha value is -0.530. The minimum atomic E-state index is 0. The molecule has 0 radical (unpaired) electrons. The molecule has 2 N–H and O–H groups in total. The maximum atomic E-state index is 5.98. The Kier molecular flexibility index (Phi) is 9.82. The molecule has 0 saturated carbocycles. The van der Waals surface area contributed by atoms with Crippen molar-refractivity contribution >= 4 is 41.5 Å². The molecule has 1 aromatic carbocycles. The number of hydrogen-bond donors (Lipinski definition) is 2. The van der Waals surface area contributed by atoms with Gasteiger partial charge in [0.2, 0.25) is 0 Å². The molecule has 1 unspecified atom stereocenters. The molecule has 1 fully saturated rings. The van der Waals surface area contributed by atoms with Gasteiger partial charge in [0.25, 0.3) is 0 Å². The van der Waals surface area contributed by atoms with Crippen LogP contribution in [0.2, 0.25) is 5.02 Å². The predicted molar refractivity (Wildman–Crippen MR) is 104 cm³/mol. The Morgan fingerprint density at radius 2 is 2.18 bits per heavy atom. The molecule has 0 aliphatic carbocycles.